The number of benzene rings is 2. The zero-order chi connectivity index (χ0) is 13.9. The quantitative estimate of drug-likeness (QED) is 0.476. The summed E-state index contributed by atoms with van der Waals surface area (Å²) in [6.45, 7) is 0. The van der Waals surface area contributed by atoms with Crippen LogP contribution in [0.25, 0.3) is 6.08 Å². The van der Waals surface area contributed by atoms with Crippen LogP contribution in [0.15, 0.2) is 60.7 Å². The number of ether oxygens (including phenoxy) is 1. The van der Waals surface area contributed by atoms with Crippen molar-refractivity contribution in [2.45, 2.75) is 5.92 Å². The first kappa shape index (κ1) is 12.8. The van der Waals surface area contributed by atoms with Gasteiger partial charge in [0.15, 0.2) is 0 Å². The first-order chi connectivity index (χ1) is 9.75. The molecule has 0 N–H and O–H groups in total. The summed E-state index contributed by atoms with van der Waals surface area (Å²) in [4.78, 5) is 13.0. The van der Waals surface area contributed by atoms with E-state index < -0.39 is 5.92 Å². The third kappa shape index (κ3) is 2.40. The number of fused-ring (bicyclic) bond motifs is 1. The Labute approximate surface area is 122 Å². The van der Waals surface area contributed by atoms with Gasteiger partial charge in [-0.2, -0.15) is 0 Å². The van der Waals surface area contributed by atoms with Crippen LogP contribution in [0.3, 0.4) is 0 Å². The highest BCUT2D eigenvalue weighted by molar-refractivity contribution is 7.81. The Bertz CT molecular complexity index is 689. The summed E-state index contributed by atoms with van der Waals surface area (Å²) in [5.74, 6) is -0.309. The van der Waals surface area contributed by atoms with Crippen LogP contribution >= 0.6 is 12.2 Å². The number of carbonyl (C=O) groups excluding carboxylic acids is 1. The summed E-state index contributed by atoms with van der Waals surface area (Å²) >= 11 is 5.31. The predicted molar refractivity (Wildman–Crippen MR) is 82.9 cm³/mol. The molecule has 98 valence electrons. The van der Waals surface area contributed by atoms with Crippen molar-refractivity contribution in [1.82, 2.24) is 0 Å². The van der Waals surface area contributed by atoms with E-state index in [0.29, 0.717) is 10.6 Å². The summed E-state index contributed by atoms with van der Waals surface area (Å²) in [5.41, 5.74) is 1.91. The van der Waals surface area contributed by atoms with E-state index in [-0.39, 0.29) is 5.97 Å². The van der Waals surface area contributed by atoms with E-state index in [1.807, 2.05) is 48.5 Å². The van der Waals surface area contributed by atoms with Crippen molar-refractivity contribution >= 4 is 29.1 Å². The third-order valence-electron chi connectivity index (χ3n) is 3.22. The van der Waals surface area contributed by atoms with Gasteiger partial charge in [-0.25, -0.2) is 0 Å². The highest BCUT2D eigenvalue weighted by Crippen LogP contribution is 2.29. The van der Waals surface area contributed by atoms with E-state index in [1.165, 1.54) is 0 Å². The number of rotatable bonds is 2. The molecule has 3 rings (SSSR count). The molecule has 1 aliphatic carbocycles. The Kier molecular flexibility index (Phi) is 3.44. The van der Waals surface area contributed by atoms with Crippen LogP contribution in [0.1, 0.15) is 17.0 Å². The van der Waals surface area contributed by atoms with Crippen LogP contribution in [0.5, 0.6) is 5.75 Å². The second-order valence-electron chi connectivity index (χ2n) is 4.53. The van der Waals surface area contributed by atoms with Crippen molar-refractivity contribution in [3.8, 4) is 5.75 Å². The van der Waals surface area contributed by atoms with Crippen LogP contribution < -0.4 is 4.74 Å². The minimum Gasteiger partial charge on any atom is -0.426 e. The molecule has 1 atom stereocenters. The van der Waals surface area contributed by atoms with Gasteiger partial charge in [0, 0.05) is 4.86 Å². The minimum absolute atomic E-state index is 0.335. The fourth-order valence-electron chi connectivity index (χ4n) is 2.25. The summed E-state index contributed by atoms with van der Waals surface area (Å²) in [6.07, 6.45) is 3.73. The number of para-hydroxylation sites is 1. The van der Waals surface area contributed by atoms with E-state index in [1.54, 1.807) is 18.2 Å². The molecule has 0 radical (unpaired) electrons. The topological polar surface area (TPSA) is 26.3 Å². The lowest BCUT2D eigenvalue weighted by Crippen LogP contribution is -2.26. The minimum atomic E-state index is -0.508. The lowest BCUT2D eigenvalue weighted by molar-refractivity contribution is -0.134. The van der Waals surface area contributed by atoms with Crippen molar-refractivity contribution in [2.75, 3.05) is 0 Å². The van der Waals surface area contributed by atoms with Crippen LogP contribution in [-0.2, 0) is 4.79 Å². The SMILES string of the molecule is O=C(Oc1ccccc1)C1C(=S)C=Cc2ccccc21. The average Bonchev–Trinajstić information content (AvgIpc) is 2.48. The van der Waals surface area contributed by atoms with Crippen molar-refractivity contribution in [1.29, 1.82) is 0 Å². The first-order valence-electron chi connectivity index (χ1n) is 6.33. The Morgan fingerprint density at radius 2 is 1.65 bits per heavy atom. The Hall–Kier alpha value is -2.26. The smallest absolute Gasteiger partial charge is 0.324 e. The molecule has 0 bridgehead atoms. The van der Waals surface area contributed by atoms with Gasteiger partial charge in [-0.15, -0.1) is 0 Å². The van der Waals surface area contributed by atoms with Crippen LogP contribution in [0.4, 0.5) is 0 Å². The summed E-state index contributed by atoms with van der Waals surface area (Å²) in [5, 5.41) is 0. The molecule has 0 fully saturated rings. The maximum Gasteiger partial charge on any atom is 0.324 e. The summed E-state index contributed by atoms with van der Waals surface area (Å²) < 4.78 is 5.42. The standard InChI is InChI=1S/C17H12O2S/c18-17(19-13-7-2-1-3-8-13)16-14-9-5-4-6-12(14)10-11-15(16)20/h1-11,16H. The number of esters is 1. The van der Waals surface area contributed by atoms with Crippen molar-refractivity contribution in [2.24, 2.45) is 0 Å². The molecule has 20 heavy (non-hydrogen) atoms. The van der Waals surface area contributed by atoms with Gasteiger partial charge in [-0.1, -0.05) is 60.8 Å². The van der Waals surface area contributed by atoms with Gasteiger partial charge in [0.25, 0.3) is 0 Å². The highest BCUT2D eigenvalue weighted by Gasteiger charge is 2.29. The Morgan fingerprint density at radius 1 is 0.950 bits per heavy atom. The molecule has 2 aromatic carbocycles. The molecular weight excluding hydrogens is 268 g/mol. The molecule has 0 amide bonds. The molecular formula is C17H12O2S. The van der Waals surface area contributed by atoms with Gasteiger partial charge in [-0.05, 0) is 29.3 Å². The van der Waals surface area contributed by atoms with Crippen LogP contribution in [0, 0.1) is 0 Å². The van der Waals surface area contributed by atoms with Gasteiger partial charge in [-0.3, -0.25) is 4.79 Å². The second-order valence-corrected chi connectivity index (χ2v) is 5.00. The first-order valence-corrected chi connectivity index (χ1v) is 6.74. The van der Waals surface area contributed by atoms with E-state index in [4.69, 9.17) is 17.0 Å². The maximum atomic E-state index is 12.4. The predicted octanol–water partition coefficient (Wildman–Crippen LogP) is 3.77. The van der Waals surface area contributed by atoms with E-state index in [9.17, 15) is 4.79 Å². The average molecular weight is 280 g/mol. The summed E-state index contributed by atoms with van der Waals surface area (Å²) in [6, 6.07) is 16.8. The largest absolute Gasteiger partial charge is 0.426 e. The van der Waals surface area contributed by atoms with Crippen molar-refractivity contribution < 1.29 is 9.53 Å². The Balaban J connectivity index is 1.91. The van der Waals surface area contributed by atoms with Gasteiger partial charge in [0.1, 0.15) is 11.7 Å². The van der Waals surface area contributed by atoms with Gasteiger partial charge in [0.2, 0.25) is 0 Å². The number of hydrogen-bond donors (Lipinski definition) is 0. The number of thiocarbonyl (C=S) groups is 1. The fraction of sp³-hybridized carbons (Fsp3) is 0.0588. The van der Waals surface area contributed by atoms with E-state index in [0.717, 1.165) is 11.1 Å². The molecule has 0 aromatic heterocycles. The van der Waals surface area contributed by atoms with Crippen molar-refractivity contribution in [3.05, 3.63) is 71.8 Å². The highest BCUT2D eigenvalue weighted by atomic mass is 32.1. The molecule has 0 saturated carbocycles. The maximum absolute atomic E-state index is 12.4. The zero-order valence-corrected chi connectivity index (χ0v) is 11.5. The van der Waals surface area contributed by atoms with Gasteiger partial charge in [0.05, 0.1) is 0 Å². The summed E-state index contributed by atoms with van der Waals surface area (Å²) in [7, 11) is 0. The zero-order valence-electron chi connectivity index (χ0n) is 10.7. The van der Waals surface area contributed by atoms with Crippen molar-refractivity contribution in [3.63, 3.8) is 0 Å². The third-order valence-corrected chi connectivity index (χ3v) is 3.59. The number of carbonyl (C=O) groups is 1. The molecule has 2 aromatic rings. The second kappa shape index (κ2) is 5.39. The molecule has 3 heteroatoms. The molecule has 1 unspecified atom stereocenters. The number of hydrogen-bond acceptors (Lipinski definition) is 3. The molecule has 0 saturated heterocycles. The monoisotopic (exact) mass is 280 g/mol. The lowest BCUT2D eigenvalue weighted by Gasteiger charge is -2.21. The fourth-order valence-corrected chi connectivity index (χ4v) is 2.54. The van der Waals surface area contributed by atoms with Crippen LogP contribution in [-0.4, -0.2) is 10.8 Å². The van der Waals surface area contributed by atoms with Gasteiger partial charge >= 0.3 is 5.97 Å². The van der Waals surface area contributed by atoms with Gasteiger partial charge < -0.3 is 4.74 Å². The molecule has 0 heterocycles. The number of allylic oxidation sites excluding steroid dienone is 1. The Morgan fingerprint density at radius 3 is 2.45 bits per heavy atom. The van der Waals surface area contributed by atoms with Crippen LogP contribution in [0.2, 0.25) is 0 Å². The normalized spacial score (nSPS) is 16.6. The van der Waals surface area contributed by atoms with E-state index in [2.05, 4.69) is 0 Å². The molecule has 1 aliphatic rings. The molecule has 0 aliphatic heterocycles. The van der Waals surface area contributed by atoms with E-state index >= 15 is 0 Å². The lowest BCUT2D eigenvalue weighted by atomic mass is 9.87. The molecule has 2 nitrogen and oxygen atoms in total. The molecule has 0 spiro atoms.